The number of hydrogen-bond acceptors (Lipinski definition) is 4. The topological polar surface area (TPSA) is 81.7 Å². The van der Waals surface area contributed by atoms with Gasteiger partial charge in [0.2, 0.25) is 0 Å². The van der Waals surface area contributed by atoms with Crippen molar-refractivity contribution in [3.63, 3.8) is 0 Å². The molecule has 0 aromatic heterocycles. The van der Waals surface area contributed by atoms with Crippen LogP contribution in [0.25, 0.3) is 21.5 Å². The minimum Gasteiger partial charge on any atom is -0.291 e. The van der Waals surface area contributed by atoms with Crippen LogP contribution in [0.1, 0.15) is 185 Å². The van der Waals surface area contributed by atoms with E-state index in [-0.39, 0.29) is 0 Å². The first-order chi connectivity index (χ1) is 29.0. The van der Waals surface area contributed by atoms with Crippen molar-refractivity contribution >= 4 is 56.3 Å². The standard InChI is InChI=1S/C54H62Cl2N2O2/c1-9-17-31-32(18-10-2)36(22-14-6)40-26-44-43(25-39(40)35(31)21-13-5)47-45-27-41-37(23-15-7)33(19-11-3)34(20-12-4)38(24-16-8)42(41)28-46(45)48(44)54(30-58)52(60)50(56)49(55)51(59)53(47,54)29-57/h25-28,47-48H,9-24H2,1-8H3. The number of fused-ring (bicyclic) bond motifs is 2. The summed E-state index contributed by atoms with van der Waals surface area (Å²) < 4.78 is 0. The highest BCUT2D eigenvalue weighted by atomic mass is 35.5. The molecule has 4 aromatic rings. The van der Waals surface area contributed by atoms with Gasteiger partial charge in [0, 0.05) is 11.8 Å². The second-order valence-electron chi connectivity index (χ2n) is 17.9. The molecular formula is C54H62Cl2N2O2. The molecule has 2 atom stereocenters. The van der Waals surface area contributed by atoms with E-state index in [1.54, 1.807) is 0 Å². The third-order valence-corrected chi connectivity index (χ3v) is 15.1. The molecule has 2 bridgehead atoms. The predicted octanol–water partition coefficient (Wildman–Crippen LogP) is 14.1. The van der Waals surface area contributed by atoms with Gasteiger partial charge in [-0.2, -0.15) is 10.5 Å². The number of hydrogen-bond donors (Lipinski definition) is 0. The minimum absolute atomic E-state index is 0.441. The van der Waals surface area contributed by atoms with Crippen molar-refractivity contribution in [1.29, 1.82) is 10.5 Å². The van der Waals surface area contributed by atoms with Crippen molar-refractivity contribution in [2.75, 3.05) is 0 Å². The largest absolute Gasteiger partial charge is 0.291 e. The van der Waals surface area contributed by atoms with Gasteiger partial charge in [-0.05, 0) is 164 Å². The fraction of sp³-hybridized carbons (Fsp3) is 0.519. The summed E-state index contributed by atoms with van der Waals surface area (Å²) in [5.41, 5.74) is 10.4. The van der Waals surface area contributed by atoms with Crippen molar-refractivity contribution in [2.45, 2.75) is 170 Å². The molecule has 2 unspecified atom stereocenters. The van der Waals surface area contributed by atoms with Crippen LogP contribution in [0.15, 0.2) is 34.3 Å². The van der Waals surface area contributed by atoms with Crippen molar-refractivity contribution in [1.82, 2.24) is 0 Å². The van der Waals surface area contributed by atoms with Gasteiger partial charge in [0.1, 0.15) is 10.1 Å². The molecule has 4 aliphatic rings. The lowest BCUT2D eigenvalue weighted by atomic mass is 9.37. The Hall–Kier alpha value is -3.96. The lowest BCUT2D eigenvalue weighted by molar-refractivity contribution is -0.141. The maximum Gasteiger partial charge on any atom is 0.199 e. The molecule has 60 heavy (non-hydrogen) atoms. The van der Waals surface area contributed by atoms with E-state index in [4.69, 9.17) is 23.2 Å². The second kappa shape index (κ2) is 17.4. The van der Waals surface area contributed by atoms with Gasteiger partial charge < -0.3 is 0 Å². The van der Waals surface area contributed by atoms with Crippen LogP contribution < -0.4 is 0 Å². The van der Waals surface area contributed by atoms with Gasteiger partial charge in [0.15, 0.2) is 22.4 Å². The lowest BCUT2D eigenvalue weighted by Gasteiger charge is -2.58. The summed E-state index contributed by atoms with van der Waals surface area (Å²) in [6.45, 7) is 18.0. The lowest BCUT2D eigenvalue weighted by Crippen LogP contribution is -2.65. The number of Topliss-reactive ketones (excluding diaryl/α,β-unsaturated/α-hetero) is 2. The summed E-state index contributed by atoms with van der Waals surface area (Å²) in [4.78, 5) is 30.2. The van der Waals surface area contributed by atoms with Crippen LogP contribution in [0.4, 0.5) is 0 Å². The zero-order valence-corrected chi connectivity index (χ0v) is 38.8. The quantitative estimate of drug-likeness (QED) is 0.112. The van der Waals surface area contributed by atoms with Crippen molar-refractivity contribution in [3.05, 3.63) is 101 Å². The molecule has 314 valence electrons. The average Bonchev–Trinajstić information content (AvgIpc) is 3.25. The van der Waals surface area contributed by atoms with Gasteiger partial charge >= 0.3 is 0 Å². The van der Waals surface area contributed by atoms with E-state index < -0.39 is 44.3 Å². The first kappa shape index (κ1) is 44.1. The molecule has 6 heteroatoms. The number of benzene rings is 4. The Kier molecular flexibility index (Phi) is 12.8. The van der Waals surface area contributed by atoms with Gasteiger partial charge in [0.25, 0.3) is 0 Å². The van der Waals surface area contributed by atoms with Gasteiger partial charge in [-0.3, -0.25) is 9.59 Å². The third-order valence-electron chi connectivity index (χ3n) is 14.3. The molecule has 0 amide bonds. The number of ketones is 2. The molecule has 8 rings (SSSR count). The zero-order valence-electron chi connectivity index (χ0n) is 37.2. The van der Waals surface area contributed by atoms with Crippen LogP contribution in [0, 0.1) is 33.5 Å². The van der Waals surface area contributed by atoms with Gasteiger partial charge in [0.05, 0.1) is 12.1 Å². The number of nitriles is 2. The van der Waals surface area contributed by atoms with Crippen LogP contribution in [0.2, 0.25) is 0 Å². The van der Waals surface area contributed by atoms with Crippen LogP contribution in [0.5, 0.6) is 0 Å². The molecule has 0 saturated heterocycles. The van der Waals surface area contributed by atoms with E-state index in [1.807, 2.05) is 0 Å². The first-order valence-corrected chi connectivity index (χ1v) is 24.0. The third kappa shape index (κ3) is 6.01. The monoisotopic (exact) mass is 840 g/mol. The maximum atomic E-state index is 15.1. The fourth-order valence-electron chi connectivity index (χ4n) is 12.3. The highest BCUT2D eigenvalue weighted by molar-refractivity contribution is 6.57. The molecule has 0 radical (unpaired) electrons. The second-order valence-corrected chi connectivity index (χ2v) is 18.6. The van der Waals surface area contributed by atoms with E-state index >= 15 is 9.59 Å². The first-order valence-electron chi connectivity index (χ1n) is 23.3. The van der Waals surface area contributed by atoms with Gasteiger partial charge in [-0.1, -0.05) is 130 Å². The average molecular weight is 842 g/mol. The summed E-state index contributed by atoms with van der Waals surface area (Å²) in [5.74, 6) is -3.27. The molecule has 4 aliphatic carbocycles. The summed E-state index contributed by atoms with van der Waals surface area (Å²) >= 11 is 13.5. The number of carbonyl (C=O) groups is 2. The van der Waals surface area contributed by atoms with E-state index in [1.165, 1.54) is 66.1 Å². The minimum atomic E-state index is -2.11. The maximum absolute atomic E-state index is 15.1. The summed E-state index contributed by atoms with van der Waals surface area (Å²) in [6.07, 6.45) is 15.7. The Morgan fingerprint density at radius 2 is 0.617 bits per heavy atom. The SMILES string of the molecule is CCCc1c(CCC)c(CCC)c2cc3c(cc2c1CCC)C1c2cc4c(CCC)c(CCC)c(CCC)c(CCC)c4cc2C3C2(C#N)C(=O)C(Cl)=C(Cl)C(=O)C12C#N. The van der Waals surface area contributed by atoms with Crippen LogP contribution in [-0.4, -0.2) is 11.6 Å². The zero-order chi connectivity index (χ0) is 43.3. The van der Waals surface area contributed by atoms with Gasteiger partial charge in [-0.25, -0.2) is 0 Å². The number of carbonyl (C=O) groups excluding carboxylic acids is 2. The molecule has 0 heterocycles. The Labute approximate surface area is 368 Å². The molecular weight excluding hydrogens is 780 g/mol. The van der Waals surface area contributed by atoms with Crippen LogP contribution in [0.3, 0.4) is 0 Å². The molecule has 0 N–H and O–H groups in total. The number of nitrogens with zero attached hydrogens (tertiary/aromatic N) is 2. The number of aryl methyl sites for hydroxylation is 4. The summed E-state index contributed by atoms with van der Waals surface area (Å²) in [7, 11) is 0. The van der Waals surface area contributed by atoms with E-state index in [9.17, 15) is 10.5 Å². The Morgan fingerprint density at radius 1 is 0.417 bits per heavy atom. The number of halogens is 2. The highest BCUT2D eigenvalue weighted by Gasteiger charge is 2.78. The van der Waals surface area contributed by atoms with Gasteiger partial charge in [-0.15, -0.1) is 0 Å². The molecule has 0 saturated carbocycles. The number of allylic oxidation sites excluding steroid dienone is 2. The van der Waals surface area contributed by atoms with Crippen LogP contribution >= 0.6 is 23.2 Å². The summed E-state index contributed by atoms with van der Waals surface area (Å²) in [5, 5.41) is 27.2. The highest BCUT2D eigenvalue weighted by Crippen LogP contribution is 2.73. The van der Waals surface area contributed by atoms with E-state index in [2.05, 4.69) is 91.8 Å². The molecule has 0 spiro atoms. The Balaban J connectivity index is 1.74. The normalized spacial score (nSPS) is 21.7. The van der Waals surface area contributed by atoms with Crippen molar-refractivity contribution in [2.24, 2.45) is 10.8 Å². The van der Waals surface area contributed by atoms with E-state index in [0.29, 0.717) is 0 Å². The smallest absolute Gasteiger partial charge is 0.199 e. The molecule has 0 fully saturated rings. The predicted molar refractivity (Wildman–Crippen MR) is 248 cm³/mol. The van der Waals surface area contributed by atoms with E-state index in [0.717, 1.165) is 125 Å². The molecule has 4 nitrogen and oxygen atoms in total. The Bertz CT molecular complexity index is 2250. The van der Waals surface area contributed by atoms with Crippen molar-refractivity contribution in [3.8, 4) is 12.1 Å². The van der Waals surface area contributed by atoms with Crippen molar-refractivity contribution < 1.29 is 9.59 Å². The molecule has 0 aliphatic heterocycles. The molecule has 4 aromatic carbocycles. The summed E-state index contributed by atoms with van der Waals surface area (Å²) in [6, 6.07) is 14.0. The Morgan fingerprint density at radius 3 is 0.800 bits per heavy atom. The number of rotatable bonds is 16. The van der Waals surface area contributed by atoms with Crippen LogP contribution in [-0.2, 0) is 61.0 Å². The fourth-order valence-corrected chi connectivity index (χ4v) is 12.8.